The monoisotopic (exact) mass is 419 g/mol. The number of thioether (sulfide) groups is 1. The largest absolute Gasteiger partial charge is 0.398 e. The first-order valence-corrected chi connectivity index (χ1v) is 9.68. The second-order valence-corrected chi connectivity index (χ2v) is 7.40. The molecule has 0 aliphatic heterocycles. The summed E-state index contributed by atoms with van der Waals surface area (Å²) in [6.45, 7) is 0.229. The summed E-state index contributed by atoms with van der Waals surface area (Å²) in [6.07, 6.45) is -4.25. The molecule has 0 amide bonds. The highest BCUT2D eigenvalue weighted by Crippen LogP contribution is 2.32. The van der Waals surface area contributed by atoms with Gasteiger partial charge >= 0.3 is 6.18 Å². The molecule has 4 aromatic rings. The zero-order valence-corrected chi connectivity index (χ0v) is 16.1. The number of alkyl halides is 3. The van der Waals surface area contributed by atoms with Crippen molar-refractivity contribution >= 4 is 34.1 Å². The Balaban J connectivity index is 1.68. The predicted molar refractivity (Wildman–Crippen MR) is 106 cm³/mol. The van der Waals surface area contributed by atoms with Crippen molar-refractivity contribution in [2.24, 2.45) is 7.05 Å². The predicted octanol–water partition coefficient (Wildman–Crippen LogP) is 3.85. The molecule has 0 radical (unpaired) electrons. The van der Waals surface area contributed by atoms with E-state index >= 15 is 0 Å². The molecule has 0 spiro atoms. The molecule has 0 saturated carbocycles. The summed E-state index contributed by atoms with van der Waals surface area (Å²) in [5, 5.41) is 12.0. The number of aryl methyl sites for hydroxylation is 1. The third kappa shape index (κ3) is 3.80. The van der Waals surface area contributed by atoms with Crippen LogP contribution in [-0.4, -0.2) is 31.1 Å². The minimum absolute atomic E-state index is 0.172. The molecule has 0 aliphatic rings. The summed E-state index contributed by atoms with van der Waals surface area (Å²) in [5.41, 5.74) is 1.08. The number of hydrogen-bond donors (Lipinski definition) is 1. The van der Waals surface area contributed by atoms with Gasteiger partial charge in [0.05, 0.1) is 23.2 Å². The Hall–Kier alpha value is -3.01. The SMILES string of the molecule is Cn1c(=O)c2ccccc2n2c(CNc3ccccc3SCC(F)(F)F)nnc12. The molecular formula is C19H16F3N5OS. The van der Waals surface area contributed by atoms with Crippen LogP contribution in [0.15, 0.2) is 58.2 Å². The Labute approximate surface area is 167 Å². The molecule has 1 N–H and O–H groups in total. The van der Waals surface area contributed by atoms with Crippen LogP contribution in [0.2, 0.25) is 0 Å². The molecule has 0 bridgehead atoms. The normalized spacial score (nSPS) is 12.0. The second-order valence-electron chi connectivity index (χ2n) is 6.39. The number of nitrogens with zero attached hydrogens (tertiary/aromatic N) is 4. The van der Waals surface area contributed by atoms with Crippen LogP contribution >= 0.6 is 11.8 Å². The van der Waals surface area contributed by atoms with E-state index in [4.69, 9.17) is 0 Å². The molecular weight excluding hydrogens is 403 g/mol. The number of nitrogens with one attached hydrogen (secondary N) is 1. The van der Waals surface area contributed by atoms with Gasteiger partial charge in [-0.2, -0.15) is 13.2 Å². The molecule has 0 saturated heterocycles. The molecule has 0 atom stereocenters. The van der Waals surface area contributed by atoms with Crippen LogP contribution in [0.25, 0.3) is 16.7 Å². The fourth-order valence-corrected chi connectivity index (χ4v) is 3.87. The van der Waals surface area contributed by atoms with Crippen molar-refractivity contribution in [1.82, 2.24) is 19.2 Å². The minimum Gasteiger partial charge on any atom is -0.377 e. The highest BCUT2D eigenvalue weighted by Gasteiger charge is 2.27. The molecule has 2 aromatic heterocycles. The lowest BCUT2D eigenvalue weighted by Crippen LogP contribution is -2.20. The smallest absolute Gasteiger partial charge is 0.377 e. The van der Waals surface area contributed by atoms with Gasteiger partial charge < -0.3 is 5.32 Å². The number of para-hydroxylation sites is 2. The van der Waals surface area contributed by atoms with E-state index in [0.717, 1.165) is 11.8 Å². The van der Waals surface area contributed by atoms with Gasteiger partial charge in [-0.15, -0.1) is 22.0 Å². The lowest BCUT2D eigenvalue weighted by atomic mass is 10.2. The Morgan fingerprint density at radius 3 is 2.59 bits per heavy atom. The fraction of sp³-hybridized carbons (Fsp3) is 0.211. The number of halogens is 3. The molecule has 10 heteroatoms. The van der Waals surface area contributed by atoms with E-state index in [2.05, 4.69) is 15.5 Å². The van der Waals surface area contributed by atoms with Crippen LogP contribution in [0.5, 0.6) is 0 Å². The Kier molecular flexibility index (Phi) is 4.95. The molecule has 0 unspecified atom stereocenters. The summed E-state index contributed by atoms with van der Waals surface area (Å²) in [7, 11) is 1.62. The van der Waals surface area contributed by atoms with Crippen LogP contribution in [0.3, 0.4) is 0 Å². The fourth-order valence-electron chi connectivity index (χ4n) is 3.08. The number of hydrogen-bond acceptors (Lipinski definition) is 5. The first-order chi connectivity index (χ1) is 13.8. The van der Waals surface area contributed by atoms with Gasteiger partial charge in [-0.05, 0) is 24.3 Å². The molecule has 0 fully saturated rings. The maximum absolute atomic E-state index is 12.6. The van der Waals surface area contributed by atoms with Gasteiger partial charge in [0.1, 0.15) is 0 Å². The van der Waals surface area contributed by atoms with Crippen LogP contribution in [0, 0.1) is 0 Å². The Morgan fingerprint density at radius 1 is 1.07 bits per heavy atom. The maximum atomic E-state index is 12.6. The highest BCUT2D eigenvalue weighted by molar-refractivity contribution is 7.99. The first kappa shape index (κ1) is 19.3. The molecule has 4 rings (SSSR count). The van der Waals surface area contributed by atoms with Crippen molar-refractivity contribution < 1.29 is 13.2 Å². The van der Waals surface area contributed by atoms with Gasteiger partial charge in [-0.1, -0.05) is 24.3 Å². The van der Waals surface area contributed by atoms with Crippen molar-refractivity contribution in [3.05, 3.63) is 64.7 Å². The van der Waals surface area contributed by atoms with Crippen molar-refractivity contribution in [3.63, 3.8) is 0 Å². The van der Waals surface area contributed by atoms with E-state index < -0.39 is 11.9 Å². The second kappa shape index (κ2) is 7.43. The van der Waals surface area contributed by atoms with Gasteiger partial charge in [-0.3, -0.25) is 13.8 Å². The third-order valence-electron chi connectivity index (χ3n) is 4.41. The van der Waals surface area contributed by atoms with Crippen LogP contribution < -0.4 is 10.9 Å². The topological polar surface area (TPSA) is 64.2 Å². The zero-order chi connectivity index (χ0) is 20.6. The Morgan fingerprint density at radius 2 is 1.79 bits per heavy atom. The average Bonchev–Trinajstić information content (AvgIpc) is 3.13. The quantitative estimate of drug-likeness (QED) is 0.498. The van der Waals surface area contributed by atoms with Crippen molar-refractivity contribution in [2.75, 3.05) is 11.1 Å². The van der Waals surface area contributed by atoms with Crippen LogP contribution in [0.1, 0.15) is 5.82 Å². The Bertz CT molecular complexity index is 1250. The van der Waals surface area contributed by atoms with E-state index in [1.807, 2.05) is 12.1 Å². The zero-order valence-electron chi connectivity index (χ0n) is 15.3. The molecule has 2 aromatic carbocycles. The van der Waals surface area contributed by atoms with E-state index in [0.29, 0.717) is 33.1 Å². The van der Waals surface area contributed by atoms with Crippen LogP contribution in [-0.2, 0) is 13.6 Å². The number of aromatic nitrogens is 4. The molecule has 6 nitrogen and oxygen atoms in total. The van der Waals surface area contributed by atoms with Gasteiger partial charge in [0.25, 0.3) is 5.56 Å². The minimum atomic E-state index is -4.25. The van der Waals surface area contributed by atoms with Gasteiger partial charge in [0.15, 0.2) is 5.82 Å². The highest BCUT2D eigenvalue weighted by atomic mass is 32.2. The number of fused-ring (bicyclic) bond motifs is 3. The van der Waals surface area contributed by atoms with Crippen molar-refractivity contribution in [1.29, 1.82) is 0 Å². The lowest BCUT2D eigenvalue weighted by Gasteiger charge is -2.13. The average molecular weight is 419 g/mol. The molecule has 150 valence electrons. The van der Waals surface area contributed by atoms with Gasteiger partial charge in [0, 0.05) is 17.6 Å². The van der Waals surface area contributed by atoms with E-state index in [1.165, 1.54) is 4.57 Å². The van der Waals surface area contributed by atoms with Crippen LogP contribution in [0.4, 0.5) is 18.9 Å². The first-order valence-electron chi connectivity index (χ1n) is 8.69. The molecule has 0 aliphatic carbocycles. The van der Waals surface area contributed by atoms with Crippen molar-refractivity contribution in [3.8, 4) is 0 Å². The summed E-state index contributed by atoms with van der Waals surface area (Å²) < 4.78 is 40.9. The molecule has 29 heavy (non-hydrogen) atoms. The number of rotatable bonds is 5. The van der Waals surface area contributed by atoms with E-state index in [9.17, 15) is 18.0 Å². The maximum Gasteiger partial charge on any atom is 0.398 e. The lowest BCUT2D eigenvalue weighted by molar-refractivity contribution is -0.105. The summed E-state index contributed by atoms with van der Waals surface area (Å²) in [4.78, 5) is 13.0. The van der Waals surface area contributed by atoms with Gasteiger partial charge in [-0.25, -0.2) is 0 Å². The number of anilines is 1. The van der Waals surface area contributed by atoms with E-state index in [-0.39, 0.29) is 12.1 Å². The molecule has 2 heterocycles. The third-order valence-corrected chi connectivity index (χ3v) is 5.55. The summed E-state index contributed by atoms with van der Waals surface area (Å²) in [5.74, 6) is -0.0283. The van der Waals surface area contributed by atoms with Crippen molar-refractivity contribution in [2.45, 2.75) is 17.6 Å². The number of benzene rings is 2. The van der Waals surface area contributed by atoms with E-state index in [1.54, 1.807) is 47.8 Å². The van der Waals surface area contributed by atoms with Gasteiger partial charge in [0.2, 0.25) is 5.78 Å². The summed E-state index contributed by atoms with van der Waals surface area (Å²) >= 11 is 0.726. The standard InChI is InChI=1S/C19H16F3N5OS/c1-26-17(28)12-6-2-4-8-14(12)27-16(24-25-18(26)27)10-23-13-7-3-5-9-15(13)29-11-19(20,21)22/h2-9,23H,10-11H2,1H3. The summed E-state index contributed by atoms with van der Waals surface area (Å²) in [6, 6.07) is 13.9.